The molecule has 2 aliphatic rings. The molecule has 1 aromatic carbocycles. The number of aryl methyl sites for hydroxylation is 1. The average Bonchev–Trinajstić information content (AvgIpc) is 3.63. The molecule has 2 saturated carbocycles. The summed E-state index contributed by atoms with van der Waals surface area (Å²) < 4.78 is 5.44. The summed E-state index contributed by atoms with van der Waals surface area (Å²) in [5.74, 6) is -0.475. The Bertz CT molecular complexity index is 961. The zero-order valence-electron chi connectivity index (χ0n) is 23.3. The zero-order chi connectivity index (χ0) is 27.3. The first kappa shape index (κ1) is 28.8. The highest BCUT2D eigenvalue weighted by atomic mass is 16.6. The van der Waals surface area contributed by atoms with Gasteiger partial charge >= 0.3 is 6.09 Å². The Morgan fingerprint density at radius 2 is 1.73 bits per heavy atom. The van der Waals surface area contributed by atoms with Crippen LogP contribution in [0.25, 0.3) is 0 Å². The van der Waals surface area contributed by atoms with E-state index in [4.69, 9.17) is 4.74 Å². The van der Waals surface area contributed by atoms with Crippen molar-refractivity contribution in [1.82, 2.24) is 15.5 Å². The molecular weight excluding hydrogens is 470 g/mol. The number of hydrogen-bond acceptors (Lipinski definition) is 5. The van der Waals surface area contributed by atoms with Crippen molar-refractivity contribution in [3.05, 3.63) is 29.3 Å². The second kappa shape index (κ2) is 12.2. The molecule has 0 aliphatic heterocycles. The highest BCUT2D eigenvalue weighted by molar-refractivity contribution is 5.93. The fourth-order valence-corrected chi connectivity index (χ4v) is 5.04. The van der Waals surface area contributed by atoms with Crippen LogP contribution in [0.15, 0.2) is 18.2 Å². The average molecular weight is 516 g/mol. The van der Waals surface area contributed by atoms with Gasteiger partial charge in [0.1, 0.15) is 23.4 Å². The summed E-state index contributed by atoms with van der Waals surface area (Å²) in [6, 6.07) is 3.37. The molecular formula is C29H45N3O5. The Hall–Kier alpha value is -2.77. The first-order valence-corrected chi connectivity index (χ1v) is 13.8. The maximum Gasteiger partial charge on any atom is 0.408 e. The van der Waals surface area contributed by atoms with Crippen molar-refractivity contribution in [3.63, 3.8) is 0 Å². The molecule has 0 saturated heterocycles. The molecule has 0 aromatic heterocycles. The van der Waals surface area contributed by atoms with Crippen LogP contribution in [0.2, 0.25) is 0 Å². The van der Waals surface area contributed by atoms with Crippen LogP contribution in [-0.2, 0) is 14.3 Å². The quantitative estimate of drug-likeness (QED) is 0.423. The number of nitrogens with one attached hydrogen (secondary N) is 2. The third kappa shape index (κ3) is 8.11. The normalized spacial score (nSPS) is 18.1. The maximum absolute atomic E-state index is 14.2. The van der Waals surface area contributed by atoms with Crippen LogP contribution < -0.4 is 10.6 Å². The number of rotatable bonds is 9. The van der Waals surface area contributed by atoms with Gasteiger partial charge in [0.05, 0.1) is 0 Å². The molecule has 8 nitrogen and oxygen atoms in total. The van der Waals surface area contributed by atoms with Crippen LogP contribution in [0.1, 0.15) is 103 Å². The lowest BCUT2D eigenvalue weighted by molar-refractivity contribution is -0.144. The minimum absolute atomic E-state index is 0.0188. The van der Waals surface area contributed by atoms with Crippen LogP contribution >= 0.6 is 0 Å². The fraction of sp³-hybridized carbons (Fsp3) is 0.690. The SMILES string of the molecule is Cc1cccc(C(C(=O)NC2CCCCC2)N(C(=O)C(CC(C)C)NC(=O)OC(C)(C)C)C2CC2)c1O. The van der Waals surface area contributed by atoms with E-state index in [9.17, 15) is 19.5 Å². The smallest absolute Gasteiger partial charge is 0.408 e. The molecule has 3 amide bonds. The number of phenolic OH excluding ortho intramolecular Hbond substituents is 1. The summed E-state index contributed by atoms with van der Waals surface area (Å²) in [6.45, 7) is 11.1. The van der Waals surface area contributed by atoms with Crippen molar-refractivity contribution >= 4 is 17.9 Å². The molecule has 3 N–H and O–H groups in total. The number of amides is 3. The van der Waals surface area contributed by atoms with E-state index in [1.807, 2.05) is 13.8 Å². The molecule has 8 heteroatoms. The molecule has 2 aliphatic carbocycles. The van der Waals surface area contributed by atoms with Gasteiger partial charge in [-0.05, 0) is 71.3 Å². The lowest BCUT2D eigenvalue weighted by Crippen LogP contribution is -2.55. The van der Waals surface area contributed by atoms with E-state index in [-0.39, 0.29) is 35.6 Å². The number of nitrogens with zero attached hydrogens (tertiary/aromatic N) is 1. The number of phenols is 1. The largest absolute Gasteiger partial charge is 0.507 e. The van der Waals surface area contributed by atoms with Crippen LogP contribution in [0.4, 0.5) is 4.79 Å². The van der Waals surface area contributed by atoms with Crippen LogP contribution in [0, 0.1) is 12.8 Å². The first-order chi connectivity index (χ1) is 17.4. The van der Waals surface area contributed by atoms with Gasteiger partial charge in [-0.3, -0.25) is 9.59 Å². The first-order valence-electron chi connectivity index (χ1n) is 13.8. The molecule has 1 aromatic rings. The van der Waals surface area contributed by atoms with Gasteiger partial charge in [0.2, 0.25) is 11.8 Å². The third-order valence-electron chi connectivity index (χ3n) is 6.93. The molecule has 3 rings (SSSR count). The number of hydrogen-bond donors (Lipinski definition) is 3. The van der Waals surface area contributed by atoms with Crippen LogP contribution in [-0.4, -0.2) is 51.6 Å². The van der Waals surface area contributed by atoms with Crippen molar-refractivity contribution in [2.45, 2.75) is 123 Å². The molecule has 0 spiro atoms. The minimum Gasteiger partial charge on any atom is -0.507 e. The lowest BCUT2D eigenvalue weighted by atomic mass is 9.93. The minimum atomic E-state index is -0.989. The van der Waals surface area contributed by atoms with Crippen molar-refractivity contribution in [2.75, 3.05) is 0 Å². The maximum atomic E-state index is 14.2. The Morgan fingerprint density at radius 1 is 1.08 bits per heavy atom. The van der Waals surface area contributed by atoms with Gasteiger partial charge in [-0.25, -0.2) is 4.79 Å². The van der Waals surface area contributed by atoms with Crippen molar-refractivity contribution in [3.8, 4) is 5.75 Å². The monoisotopic (exact) mass is 515 g/mol. The summed E-state index contributed by atoms with van der Waals surface area (Å²) in [5.41, 5.74) is 0.345. The predicted octanol–water partition coefficient (Wildman–Crippen LogP) is 5.12. The standard InChI is InChI=1S/C29H45N3O5/c1-18(2)17-23(31-28(36)37-29(4,5)6)27(35)32(21-15-16-21)24(22-14-10-11-19(3)25(22)33)26(34)30-20-12-8-7-9-13-20/h10-11,14,18,20-21,23-24,33H,7-9,12-13,15-17H2,1-6H3,(H,30,34)(H,31,36). The summed E-state index contributed by atoms with van der Waals surface area (Å²) >= 11 is 0. The molecule has 37 heavy (non-hydrogen) atoms. The van der Waals surface area contributed by atoms with E-state index < -0.39 is 23.8 Å². The Balaban J connectivity index is 1.97. The number of benzene rings is 1. The molecule has 0 radical (unpaired) electrons. The van der Waals surface area contributed by atoms with E-state index in [1.165, 1.54) is 0 Å². The van der Waals surface area contributed by atoms with Gasteiger partial charge in [-0.15, -0.1) is 0 Å². The van der Waals surface area contributed by atoms with Gasteiger partial charge in [-0.2, -0.15) is 0 Å². The van der Waals surface area contributed by atoms with Crippen LogP contribution in [0.5, 0.6) is 5.75 Å². The third-order valence-corrected chi connectivity index (χ3v) is 6.93. The number of carbonyl (C=O) groups is 3. The predicted molar refractivity (Wildman–Crippen MR) is 143 cm³/mol. The Labute approximate surface area is 221 Å². The van der Waals surface area contributed by atoms with Crippen LogP contribution in [0.3, 0.4) is 0 Å². The summed E-state index contributed by atoms with van der Waals surface area (Å²) in [5, 5.41) is 17.0. The van der Waals surface area contributed by atoms with Crippen molar-refractivity contribution < 1.29 is 24.2 Å². The van der Waals surface area contributed by atoms with Gasteiger partial charge in [-0.1, -0.05) is 51.3 Å². The number of carbonyl (C=O) groups excluding carboxylic acids is 3. The summed E-state index contributed by atoms with van der Waals surface area (Å²) in [7, 11) is 0. The van der Waals surface area contributed by atoms with E-state index in [2.05, 4.69) is 10.6 Å². The number of aromatic hydroxyl groups is 1. The van der Waals surface area contributed by atoms with E-state index in [1.54, 1.807) is 50.8 Å². The number of para-hydroxylation sites is 1. The van der Waals surface area contributed by atoms with Gasteiger partial charge in [0.25, 0.3) is 0 Å². The van der Waals surface area contributed by atoms with Gasteiger partial charge in [0, 0.05) is 17.6 Å². The second-order valence-corrected chi connectivity index (χ2v) is 12.1. The molecule has 206 valence electrons. The van der Waals surface area contributed by atoms with E-state index >= 15 is 0 Å². The van der Waals surface area contributed by atoms with Crippen molar-refractivity contribution in [1.29, 1.82) is 0 Å². The second-order valence-electron chi connectivity index (χ2n) is 12.1. The molecule has 2 fully saturated rings. The van der Waals surface area contributed by atoms with E-state index in [0.29, 0.717) is 17.5 Å². The number of alkyl carbamates (subject to hydrolysis) is 1. The molecule has 0 bridgehead atoms. The molecule has 0 heterocycles. The van der Waals surface area contributed by atoms with E-state index in [0.717, 1.165) is 44.9 Å². The lowest BCUT2D eigenvalue weighted by Gasteiger charge is -2.36. The molecule has 2 unspecified atom stereocenters. The Kier molecular flexibility index (Phi) is 9.48. The highest BCUT2D eigenvalue weighted by Crippen LogP contribution is 2.39. The van der Waals surface area contributed by atoms with Crippen molar-refractivity contribution in [2.24, 2.45) is 5.92 Å². The fourth-order valence-electron chi connectivity index (χ4n) is 5.04. The topological polar surface area (TPSA) is 108 Å². The summed E-state index contributed by atoms with van der Waals surface area (Å²) in [4.78, 5) is 42.3. The summed E-state index contributed by atoms with van der Waals surface area (Å²) in [6.07, 6.45) is 6.38. The zero-order valence-corrected chi connectivity index (χ0v) is 23.3. The highest BCUT2D eigenvalue weighted by Gasteiger charge is 2.45. The van der Waals surface area contributed by atoms with Gasteiger partial charge in [0.15, 0.2) is 0 Å². The van der Waals surface area contributed by atoms with Gasteiger partial charge < -0.3 is 25.4 Å². The number of ether oxygens (including phenoxy) is 1. The molecule has 2 atom stereocenters. The Morgan fingerprint density at radius 3 is 2.30 bits per heavy atom.